The van der Waals surface area contributed by atoms with Gasteiger partial charge in [-0.3, -0.25) is 0 Å². The van der Waals surface area contributed by atoms with Gasteiger partial charge in [0, 0.05) is 0 Å². The van der Waals surface area contributed by atoms with Crippen LogP contribution in [0.15, 0.2) is 30.3 Å². The van der Waals surface area contributed by atoms with Crippen LogP contribution in [0.2, 0.25) is 0 Å². The minimum atomic E-state index is -0.133. The Labute approximate surface area is 221 Å². The van der Waals surface area contributed by atoms with Crippen molar-refractivity contribution < 1.29 is 9.53 Å². The van der Waals surface area contributed by atoms with Gasteiger partial charge in [0.15, 0.2) is 0 Å². The van der Waals surface area contributed by atoms with E-state index in [2.05, 4.69) is 34.6 Å². The third-order valence-electron chi connectivity index (χ3n) is 12.1. The summed E-state index contributed by atoms with van der Waals surface area (Å²) in [7, 11) is 0. The van der Waals surface area contributed by atoms with E-state index in [1.807, 2.05) is 30.3 Å². The number of hydrogen-bond donors (Lipinski definition) is 0. The van der Waals surface area contributed by atoms with E-state index in [1.54, 1.807) is 0 Å². The molecule has 1 aromatic carbocycles. The number of fused-ring (bicyclic) bond motifs is 5. The topological polar surface area (TPSA) is 26.3 Å². The van der Waals surface area contributed by atoms with Crippen LogP contribution in [0.5, 0.6) is 0 Å². The summed E-state index contributed by atoms with van der Waals surface area (Å²) in [5.74, 6) is 6.01. The lowest BCUT2D eigenvalue weighted by Gasteiger charge is -2.61. The Morgan fingerprint density at radius 2 is 1.61 bits per heavy atom. The standard InChI is InChI=1S/C34H52O2/c1-23(2)10-9-11-24(3)29-16-17-30-28-15-14-26-22-27(36-32(35)25-12-7-6-8-13-25)18-20-33(26,4)31(28)19-21-34(29,30)5/h6-8,12-13,23-24,26-31H,9-11,14-22H2,1-5H3/t24-,26?,27-,28+,29-,30+,31+,33+,34-/m1/s1. The van der Waals surface area contributed by atoms with Crippen LogP contribution in [-0.4, -0.2) is 12.1 Å². The van der Waals surface area contributed by atoms with Gasteiger partial charge in [-0.1, -0.05) is 72.1 Å². The molecule has 1 aromatic rings. The first-order valence-electron chi connectivity index (χ1n) is 15.5. The van der Waals surface area contributed by atoms with Crippen molar-refractivity contribution in [3.05, 3.63) is 35.9 Å². The van der Waals surface area contributed by atoms with Crippen LogP contribution in [0.25, 0.3) is 0 Å². The highest BCUT2D eigenvalue weighted by molar-refractivity contribution is 5.89. The fourth-order valence-corrected chi connectivity index (χ4v) is 10.1. The summed E-state index contributed by atoms with van der Waals surface area (Å²) in [6.07, 6.45) is 16.3. The van der Waals surface area contributed by atoms with Crippen molar-refractivity contribution in [1.29, 1.82) is 0 Å². The van der Waals surface area contributed by atoms with Gasteiger partial charge in [-0.05, 0) is 122 Å². The smallest absolute Gasteiger partial charge is 0.338 e. The molecule has 0 aliphatic heterocycles. The number of esters is 1. The monoisotopic (exact) mass is 492 g/mol. The Bertz CT molecular complexity index is 892. The Kier molecular flexibility index (Phi) is 7.64. The van der Waals surface area contributed by atoms with Crippen LogP contribution in [0.1, 0.15) is 122 Å². The third-order valence-corrected chi connectivity index (χ3v) is 12.1. The van der Waals surface area contributed by atoms with Crippen LogP contribution >= 0.6 is 0 Å². The average molecular weight is 493 g/mol. The van der Waals surface area contributed by atoms with Crippen molar-refractivity contribution in [3.8, 4) is 0 Å². The summed E-state index contributed by atoms with van der Waals surface area (Å²) in [6.45, 7) is 12.7. The van der Waals surface area contributed by atoms with Crippen molar-refractivity contribution in [2.45, 2.75) is 118 Å². The summed E-state index contributed by atoms with van der Waals surface area (Å²) in [4.78, 5) is 12.7. The quantitative estimate of drug-likeness (QED) is 0.354. The van der Waals surface area contributed by atoms with E-state index in [1.165, 1.54) is 64.2 Å². The summed E-state index contributed by atoms with van der Waals surface area (Å²) in [6, 6.07) is 9.55. The van der Waals surface area contributed by atoms with Gasteiger partial charge in [-0.2, -0.15) is 0 Å². The van der Waals surface area contributed by atoms with Gasteiger partial charge in [0.2, 0.25) is 0 Å². The number of carbonyl (C=O) groups is 1. The van der Waals surface area contributed by atoms with E-state index in [-0.39, 0.29) is 12.1 Å². The maximum atomic E-state index is 12.7. The van der Waals surface area contributed by atoms with Gasteiger partial charge in [0.25, 0.3) is 0 Å². The van der Waals surface area contributed by atoms with Crippen LogP contribution in [-0.2, 0) is 4.74 Å². The molecular formula is C34H52O2. The maximum absolute atomic E-state index is 12.7. The summed E-state index contributed by atoms with van der Waals surface area (Å²) >= 11 is 0. The maximum Gasteiger partial charge on any atom is 0.338 e. The predicted molar refractivity (Wildman–Crippen MR) is 149 cm³/mol. The van der Waals surface area contributed by atoms with Gasteiger partial charge in [0.05, 0.1) is 5.56 Å². The fraction of sp³-hybridized carbons (Fsp3) is 0.794. The number of rotatable bonds is 7. The van der Waals surface area contributed by atoms with Crippen LogP contribution in [0.3, 0.4) is 0 Å². The van der Waals surface area contributed by atoms with Crippen molar-refractivity contribution in [2.24, 2.45) is 52.3 Å². The van der Waals surface area contributed by atoms with E-state index in [4.69, 9.17) is 4.74 Å². The zero-order valence-corrected chi connectivity index (χ0v) is 23.8. The fourth-order valence-electron chi connectivity index (χ4n) is 10.1. The van der Waals surface area contributed by atoms with Crippen molar-refractivity contribution in [2.75, 3.05) is 0 Å². The molecule has 0 spiro atoms. The average Bonchev–Trinajstić information content (AvgIpc) is 3.22. The number of ether oxygens (including phenoxy) is 1. The Hall–Kier alpha value is -1.31. The molecule has 4 fully saturated rings. The summed E-state index contributed by atoms with van der Waals surface area (Å²) < 4.78 is 6.04. The second kappa shape index (κ2) is 10.5. The first-order chi connectivity index (χ1) is 17.2. The largest absolute Gasteiger partial charge is 0.459 e. The van der Waals surface area contributed by atoms with Gasteiger partial charge >= 0.3 is 5.97 Å². The van der Waals surface area contributed by atoms with E-state index in [9.17, 15) is 4.79 Å². The first-order valence-corrected chi connectivity index (χ1v) is 15.5. The number of carbonyl (C=O) groups excluding carboxylic acids is 1. The molecule has 0 aromatic heterocycles. The predicted octanol–water partition coefficient (Wildman–Crippen LogP) is 9.33. The lowest BCUT2D eigenvalue weighted by molar-refractivity contribution is -0.130. The molecule has 200 valence electrons. The van der Waals surface area contributed by atoms with Gasteiger partial charge in [0.1, 0.15) is 6.10 Å². The lowest BCUT2D eigenvalue weighted by Crippen LogP contribution is -2.54. The SMILES string of the molecule is CC(C)CCC[C@@H](C)[C@H]1CC[C@H]2[C@@H]3CCC4C[C@H](OC(=O)c5ccccc5)CC[C@]4(C)[C@H]3CC[C@]12C. The van der Waals surface area contributed by atoms with E-state index in [0.717, 1.165) is 54.3 Å². The van der Waals surface area contributed by atoms with Gasteiger partial charge in [-0.25, -0.2) is 4.79 Å². The molecule has 5 rings (SSSR count). The molecule has 1 unspecified atom stereocenters. The summed E-state index contributed by atoms with van der Waals surface area (Å²) in [5.41, 5.74) is 1.71. The molecule has 0 bridgehead atoms. The van der Waals surface area contributed by atoms with E-state index < -0.39 is 0 Å². The third kappa shape index (κ3) is 4.80. The highest BCUT2D eigenvalue weighted by Crippen LogP contribution is 2.68. The molecule has 0 heterocycles. The second-order valence-corrected chi connectivity index (χ2v) is 14.4. The molecule has 9 atom stereocenters. The molecule has 0 N–H and O–H groups in total. The molecule has 4 aliphatic carbocycles. The zero-order valence-electron chi connectivity index (χ0n) is 23.8. The Morgan fingerprint density at radius 3 is 2.36 bits per heavy atom. The molecule has 36 heavy (non-hydrogen) atoms. The van der Waals surface area contributed by atoms with Gasteiger partial charge < -0.3 is 4.74 Å². The molecule has 0 amide bonds. The molecule has 0 radical (unpaired) electrons. The number of benzene rings is 1. The minimum absolute atomic E-state index is 0.101. The van der Waals surface area contributed by atoms with Crippen molar-refractivity contribution in [3.63, 3.8) is 0 Å². The van der Waals surface area contributed by atoms with E-state index >= 15 is 0 Å². The van der Waals surface area contributed by atoms with Crippen LogP contribution in [0.4, 0.5) is 0 Å². The number of hydrogen-bond acceptors (Lipinski definition) is 2. The highest BCUT2D eigenvalue weighted by atomic mass is 16.5. The lowest BCUT2D eigenvalue weighted by atomic mass is 9.44. The molecule has 2 nitrogen and oxygen atoms in total. The molecule has 4 saturated carbocycles. The molecule has 4 aliphatic rings. The minimum Gasteiger partial charge on any atom is -0.459 e. The van der Waals surface area contributed by atoms with Gasteiger partial charge in [-0.15, -0.1) is 0 Å². The molecular weight excluding hydrogens is 440 g/mol. The second-order valence-electron chi connectivity index (χ2n) is 14.4. The molecule has 2 heteroatoms. The van der Waals surface area contributed by atoms with Crippen molar-refractivity contribution >= 4 is 5.97 Å². The highest BCUT2D eigenvalue weighted by Gasteiger charge is 2.60. The first kappa shape index (κ1) is 26.3. The molecule has 0 saturated heterocycles. The van der Waals surface area contributed by atoms with Crippen LogP contribution in [0, 0.1) is 52.3 Å². The Balaban J connectivity index is 1.22. The van der Waals surface area contributed by atoms with Crippen molar-refractivity contribution in [1.82, 2.24) is 0 Å². The summed E-state index contributed by atoms with van der Waals surface area (Å²) in [5, 5.41) is 0. The van der Waals surface area contributed by atoms with E-state index in [0.29, 0.717) is 16.4 Å². The van der Waals surface area contributed by atoms with Crippen LogP contribution < -0.4 is 0 Å². The zero-order chi connectivity index (χ0) is 25.5. The Morgan fingerprint density at radius 1 is 0.889 bits per heavy atom. The normalized spacial score (nSPS) is 40.7.